The van der Waals surface area contributed by atoms with Crippen molar-refractivity contribution in [3.8, 4) is 0 Å². The second kappa shape index (κ2) is 6.35. The van der Waals surface area contributed by atoms with E-state index in [1.165, 1.54) is 6.07 Å². The predicted molar refractivity (Wildman–Crippen MR) is 77.0 cm³/mol. The summed E-state index contributed by atoms with van der Waals surface area (Å²) in [6, 6.07) is 2.28. The van der Waals surface area contributed by atoms with Gasteiger partial charge in [-0.1, -0.05) is 0 Å². The molecule has 0 amide bonds. The van der Waals surface area contributed by atoms with Crippen LogP contribution >= 0.6 is 15.9 Å². The minimum Gasteiger partial charge on any atom is -0.480 e. The summed E-state index contributed by atoms with van der Waals surface area (Å²) in [5.41, 5.74) is 0.0469. The number of nitro groups is 1. The Hall–Kier alpha value is -1.74. The number of anilines is 1. The van der Waals surface area contributed by atoms with Gasteiger partial charge < -0.3 is 10.0 Å². The molecular formula is C12H13BrFN3O4. The van der Waals surface area contributed by atoms with Crippen LogP contribution in [0.25, 0.3) is 0 Å². The maximum absolute atomic E-state index is 13.4. The van der Waals surface area contributed by atoms with Crippen LogP contribution in [0.4, 0.5) is 15.8 Å². The summed E-state index contributed by atoms with van der Waals surface area (Å²) in [5, 5.41) is 19.8. The molecule has 0 spiro atoms. The zero-order chi connectivity index (χ0) is 15.6. The molecule has 0 aromatic heterocycles. The lowest BCUT2D eigenvalue weighted by atomic mass is 10.2. The third-order valence-electron chi connectivity index (χ3n) is 3.29. The first-order chi connectivity index (χ1) is 9.88. The van der Waals surface area contributed by atoms with E-state index in [1.807, 2.05) is 0 Å². The van der Waals surface area contributed by atoms with Gasteiger partial charge in [-0.15, -0.1) is 0 Å². The second-order valence-electron chi connectivity index (χ2n) is 4.67. The lowest BCUT2D eigenvalue weighted by Crippen LogP contribution is -2.48. The van der Waals surface area contributed by atoms with Crippen LogP contribution in [0.2, 0.25) is 0 Å². The maximum atomic E-state index is 13.4. The monoisotopic (exact) mass is 361 g/mol. The van der Waals surface area contributed by atoms with Gasteiger partial charge in [0.2, 0.25) is 0 Å². The lowest BCUT2D eigenvalue weighted by molar-refractivity contribution is -0.384. The van der Waals surface area contributed by atoms with Gasteiger partial charge >= 0.3 is 5.97 Å². The molecule has 1 fully saturated rings. The molecule has 1 aromatic carbocycles. The highest BCUT2D eigenvalue weighted by molar-refractivity contribution is 9.10. The van der Waals surface area contributed by atoms with E-state index in [9.17, 15) is 19.3 Å². The fourth-order valence-electron chi connectivity index (χ4n) is 2.26. The molecule has 1 saturated heterocycles. The van der Waals surface area contributed by atoms with Gasteiger partial charge in [-0.3, -0.25) is 19.8 Å². The van der Waals surface area contributed by atoms with Gasteiger partial charge in [0.25, 0.3) is 5.69 Å². The number of hydrogen-bond acceptors (Lipinski definition) is 5. The number of carboxylic acids is 1. The molecule has 7 nitrogen and oxygen atoms in total. The fourth-order valence-corrected chi connectivity index (χ4v) is 2.59. The minimum absolute atomic E-state index is 0.0525. The molecule has 1 aliphatic rings. The third-order valence-corrected chi connectivity index (χ3v) is 3.89. The van der Waals surface area contributed by atoms with Gasteiger partial charge in [-0.05, 0) is 22.0 Å². The van der Waals surface area contributed by atoms with Gasteiger partial charge in [0, 0.05) is 26.2 Å². The van der Waals surface area contributed by atoms with Gasteiger partial charge in [0.05, 0.1) is 22.0 Å². The second-order valence-corrected chi connectivity index (χ2v) is 5.52. The first-order valence-electron chi connectivity index (χ1n) is 6.21. The summed E-state index contributed by atoms with van der Waals surface area (Å²) in [7, 11) is 0. The van der Waals surface area contributed by atoms with Gasteiger partial charge in [0.15, 0.2) is 0 Å². The van der Waals surface area contributed by atoms with Crippen molar-refractivity contribution in [2.45, 2.75) is 0 Å². The number of carbonyl (C=O) groups is 1. The molecule has 2 rings (SSSR count). The van der Waals surface area contributed by atoms with E-state index in [2.05, 4.69) is 15.9 Å². The number of hydrogen-bond donors (Lipinski definition) is 1. The Morgan fingerprint density at radius 2 is 2.00 bits per heavy atom. The molecule has 114 valence electrons. The lowest BCUT2D eigenvalue weighted by Gasteiger charge is -2.35. The van der Waals surface area contributed by atoms with Crippen LogP contribution < -0.4 is 4.90 Å². The number of halogens is 2. The Bertz CT molecular complexity index is 576. The Kier molecular flexibility index (Phi) is 4.73. The van der Waals surface area contributed by atoms with Gasteiger partial charge in [-0.25, -0.2) is 4.39 Å². The zero-order valence-electron chi connectivity index (χ0n) is 11.0. The van der Waals surface area contributed by atoms with Crippen molar-refractivity contribution >= 4 is 33.3 Å². The predicted octanol–water partition coefficient (Wildman–Crippen LogP) is 1.70. The van der Waals surface area contributed by atoms with E-state index in [4.69, 9.17) is 5.11 Å². The minimum atomic E-state index is -0.904. The number of piperazine rings is 1. The number of aliphatic carboxylic acids is 1. The highest BCUT2D eigenvalue weighted by Crippen LogP contribution is 2.33. The first-order valence-corrected chi connectivity index (χ1v) is 7.00. The molecule has 0 radical (unpaired) electrons. The molecule has 9 heteroatoms. The molecule has 0 saturated carbocycles. The van der Waals surface area contributed by atoms with Crippen LogP contribution in [0.15, 0.2) is 16.6 Å². The van der Waals surface area contributed by atoms with Crippen LogP contribution in [0, 0.1) is 15.9 Å². The fraction of sp³-hybridized carbons (Fsp3) is 0.417. The highest BCUT2D eigenvalue weighted by atomic mass is 79.9. The Morgan fingerprint density at radius 3 is 2.52 bits per heavy atom. The largest absolute Gasteiger partial charge is 0.480 e. The molecule has 0 unspecified atom stereocenters. The van der Waals surface area contributed by atoms with Crippen LogP contribution in [0.1, 0.15) is 0 Å². The summed E-state index contributed by atoms with van der Waals surface area (Å²) in [6.07, 6.45) is 0. The van der Waals surface area contributed by atoms with Crippen LogP contribution in [0.5, 0.6) is 0 Å². The highest BCUT2D eigenvalue weighted by Gasteiger charge is 2.26. The number of nitro benzene ring substituents is 1. The molecule has 1 aromatic rings. The maximum Gasteiger partial charge on any atom is 0.317 e. The van der Waals surface area contributed by atoms with E-state index in [-0.39, 0.29) is 16.7 Å². The van der Waals surface area contributed by atoms with Crippen LogP contribution in [0.3, 0.4) is 0 Å². The molecule has 21 heavy (non-hydrogen) atoms. The Balaban J connectivity index is 2.18. The van der Waals surface area contributed by atoms with Crippen molar-refractivity contribution < 1.29 is 19.2 Å². The summed E-state index contributed by atoms with van der Waals surface area (Å²) in [6.45, 7) is 1.82. The Morgan fingerprint density at radius 1 is 1.38 bits per heavy atom. The van der Waals surface area contributed by atoms with Crippen molar-refractivity contribution in [2.24, 2.45) is 0 Å². The van der Waals surface area contributed by atoms with E-state index >= 15 is 0 Å². The quantitative estimate of drug-likeness (QED) is 0.648. The molecule has 0 aliphatic carbocycles. The number of benzene rings is 1. The average Bonchev–Trinajstić information content (AvgIpc) is 2.41. The standard InChI is InChI=1S/C12H13BrFN3O4/c13-8-5-10(11(17(20)21)6-9(8)14)16-3-1-15(2-4-16)7-12(18)19/h5-6H,1-4,7H2,(H,18,19). The van der Waals surface area contributed by atoms with E-state index < -0.39 is 16.7 Å². The molecule has 0 atom stereocenters. The topological polar surface area (TPSA) is 86.9 Å². The summed E-state index contributed by atoms with van der Waals surface area (Å²) in [4.78, 5) is 24.6. The van der Waals surface area contributed by atoms with Crippen LogP contribution in [-0.4, -0.2) is 53.6 Å². The summed E-state index contributed by atoms with van der Waals surface area (Å²) < 4.78 is 13.6. The van der Waals surface area contributed by atoms with Crippen molar-refractivity contribution in [1.82, 2.24) is 4.90 Å². The summed E-state index contributed by atoms with van der Waals surface area (Å²) in [5.74, 6) is -1.59. The van der Waals surface area contributed by atoms with Crippen molar-refractivity contribution in [1.29, 1.82) is 0 Å². The van der Waals surface area contributed by atoms with E-state index in [1.54, 1.807) is 9.80 Å². The van der Waals surface area contributed by atoms with E-state index in [0.717, 1.165) is 6.07 Å². The summed E-state index contributed by atoms with van der Waals surface area (Å²) >= 11 is 3.03. The first kappa shape index (κ1) is 15.6. The molecular weight excluding hydrogens is 349 g/mol. The molecule has 1 heterocycles. The Labute approximate surface area is 128 Å². The van der Waals surface area contributed by atoms with Gasteiger partial charge in [0.1, 0.15) is 11.5 Å². The van der Waals surface area contributed by atoms with Gasteiger partial charge in [-0.2, -0.15) is 0 Å². The van der Waals surface area contributed by atoms with Crippen molar-refractivity contribution in [3.63, 3.8) is 0 Å². The molecule has 1 aliphatic heterocycles. The normalized spacial score (nSPS) is 16.0. The number of nitrogens with zero attached hydrogens (tertiary/aromatic N) is 3. The third kappa shape index (κ3) is 3.67. The van der Waals surface area contributed by atoms with E-state index in [0.29, 0.717) is 31.9 Å². The molecule has 0 bridgehead atoms. The average molecular weight is 362 g/mol. The SMILES string of the molecule is O=C(O)CN1CCN(c2cc(Br)c(F)cc2[N+](=O)[O-])CC1. The van der Waals surface area contributed by atoms with Crippen LogP contribution in [-0.2, 0) is 4.79 Å². The number of carboxylic acid groups (broad SMARTS) is 1. The van der Waals surface area contributed by atoms with Crippen molar-refractivity contribution in [2.75, 3.05) is 37.6 Å². The zero-order valence-corrected chi connectivity index (χ0v) is 12.5. The number of rotatable bonds is 4. The smallest absolute Gasteiger partial charge is 0.317 e. The molecule has 1 N–H and O–H groups in total. The van der Waals surface area contributed by atoms with Crippen molar-refractivity contribution in [3.05, 3.63) is 32.5 Å².